The highest BCUT2D eigenvalue weighted by Crippen LogP contribution is 2.16. The zero-order valence-corrected chi connectivity index (χ0v) is 23.6. The van der Waals surface area contributed by atoms with Crippen molar-refractivity contribution in [2.75, 3.05) is 6.61 Å². The predicted octanol–water partition coefficient (Wildman–Crippen LogP) is 10.4. The molecule has 2 nitrogen and oxygen atoms in total. The Hall–Kier alpha value is -0.340. The number of allylic oxidation sites excluding steroid dienone is 1. The summed E-state index contributed by atoms with van der Waals surface area (Å²) in [6.07, 6.45) is 42.7. The van der Waals surface area contributed by atoms with Gasteiger partial charge in [0.15, 0.2) is 0 Å². The van der Waals surface area contributed by atoms with Crippen LogP contribution in [0.5, 0.6) is 0 Å². The van der Waals surface area contributed by atoms with E-state index in [4.69, 9.17) is 10.8 Å². The van der Waals surface area contributed by atoms with Crippen molar-refractivity contribution in [1.29, 1.82) is 0 Å². The van der Waals surface area contributed by atoms with Gasteiger partial charge in [0.05, 0.1) is 6.61 Å². The van der Waals surface area contributed by atoms with Crippen molar-refractivity contribution >= 4 is 0 Å². The molecule has 0 saturated heterocycles. The molecule has 1 unspecified atom stereocenters. The minimum atomic E-state index is -0.177. The molecule has 204 valence electrons. The summed E-state index contributed by atoms with van der Waals surface area (Å²) in [6.45, 7) is 2.35. The van der Waals surface area contributed by atoms with Crippen LogP contribution in [0.25, 0.3) is 0 Å². The number of nitrogens with two attached hydrogens (primary N) is 1. The van der Waals surface area contributed by atoms with Crippen LogP contribution < -0.4 is 5.73 Å². The van der Waals surface area contributed by atoms with Crippen LogP contribution in [0.4, 0.5) is 0 Å². The Labute approximate surface area is 215 Å². The topological polar surface area (TPSA) is 46.2 Å². The minimum Gasteiger partial charge on any atom is -0.394 e. The molecule has 0 aromatic carbocycles. The third kappa shape index (κ3) is 29.7. The van der Waals surface area contributed by atoms with Crippen molar-refractivity contribution in [3.05, 3.63) is 12.2 Å². The van der Waals surface area contributed by atoms with E-state index in [2.05, 4.69) is 13.0 Å². The molecule has 0 heterocycles. The summed E-state index contributed by atoms with van der Waals surface area (Å²) in [4.78, 5) is 0. The molecule has 0 aliphatic carbocycles. The Kier molecular flexibility index (Phi) is 30.4. The van der Waals surface area contributed by atoms with Crippen molar-refractivity contribution in [2.45, 2.75) is 186 Å². The molecule has 2 heteroatoms. The fraction of sp³-hybridized carbons (Fsp3) is 0.938. The fourth-order valence-electron chi connectivity index (χ4n) is 4.91. The first-order valence-corrected chi connectivity index (χ1v) is 15.8. The quantitative estimate of drug-likeness (QED) is 0.0827. The second-order valence-corrected chi connectivity index (χ2v) is 10.9. The molecule has 0 fully saturated rings. The fourth-order valence-corrected chi connectivity index (χ4v) is 4.91. The van der Waals surface area contributed by atoms with E-state index in [1.165, 1.54) is 167 Å². The lowest BCUT2D eigenvalue weighted by Gasteiger charge is -2.04. The van der Waals surface area contributed by atoms with E-state index < -0.39 is 0 Å². The van der Waals surface area contributed by atoms with E-state index in [-0.39, 0.29) is 12.6 Å². The van der Waals surface area contributed by atoms with Crippen LogP contribution >= 0.6 is 0 Å². The van der Waals surface area contributed by atoms with E-state index in [1.54, 1.807) is 0 Å². The largest absolute Gasteiger partial charge is 0.394 e. The standard InChI is InChI=1S/C32H65NO/c1-2-3-4-5-6-7-8-9-10-11-12-13-14-15-16-17-18-19-20-21-22-23-24-25-26-27-28-29-30-32(33)31-34/h29-30,32,34H,2-28,31,33H2,1H3/b30-29+. The van der Waals surface area contributed by atoms with Crippen molar-refractivity contribution in [3.63, 3.8) is 0 Å². The molecule has 34 heavy (non-hydrogen) atoms. The van der Waals surface area contributed by atoms with Gasteiger partial charge in [-0.2, -0.15) is 0 Å². The molecule has 0 radical (unpaired) electrons. The van der Waals surface area contributed by atoms with Crippen LogP contribution in [0.3, 0.4) is 0 Å². The highest BCUT2D eigenvalue weighted by Gasteiger charge is 1.96. The van der Waals surface area contributed by atoms with Crippen LogP contribution in [0, 0.1) is 0 Å². The average Bonchev–Trinajstić information content (AvgIpc) is 2.85. The zero-order valence-electron chi connectivity index (χ0n) is 23.6. The first-order valence-electron chi connectivity index (χ1n) is 15.8. The Morgan fingerprint density at radius 3 is 1.00 bits per heavy atom. The summed E-state index contributed by atoms with van der Waals surface area (Å²) in [5, 5.41) is 8.86. The first kappa shape index (κ1) is 33.7. The van der Waals surface area contributed by atoms with E-state index in [1.807, 2.05) is 6.08 Å². The lowest BCUT2D eigenvalue weighted by atomic mass is 10.0. The van der Waals surface area contributed by atoms with Gasteiger partial charge < -0.3 is 10.8 Å². The summed E-state index contributed by atoms with van der Waals surface area (Å²) in [5.41, 5.74) is 5.64. The third-order valence-corrected chi connectivity index (χ3v) is 7.32. The van der Waals surface area contributed by atoms with Crippen molar-refractivity contribution in [1.82, 2.24) is 0 Å². The van der Waals surface area contributed by atoms with Gasteiger partial charge in [0.1, 0.15) is 0 Å². The number of hydrogen-bond donors (Lipinski definition) is 2. The van der Waals surface area contributed by atoms with E-state index in [0.29, 0.717) is 0 Å². The second-order valence-electron chi connectivity index (χ2n) is 10.9. The molecule has 0 aliphatic heterocycles. The number of aliphatic hydroxyl groups is 1. The molecule has 0 aromatic heterocycles. The lowest BCUT2D eigenvalue weighted by molar-refractivity contribution is 0.284. The van der Waals surface area contributed by atoms with Crippen LogP contribution in [0.2, 0.25) is 0 Å². The molecule has 0 rings (SSSR count). The molecular weight excluding hydrogens is 414 g/mol. The van der Waals surface area contributed by atoms with E-state index >= 15 is 0 Å². The molecule has 0 aromatic rings. The summed E-state index contributed by atoms with van der Waals surface area (Å²) >= 11 is 0. The number of unbranched alkanes of at least 4 members (excludes halogenated alkanes) is 26. The number of hydrogen-bond acceptors (Lipinski definition) is 2. The monoisotopic (exact) mass is 480 g/mol. The van der Waals surface area contributed by atoms with Crippen LogP contribution in [0.1, 0.15) is 180 Å². The normalized spacial score (nSPS) is 12.7. The summed E-state index contributed by atoms with van der Waals surface area (Å²) in [5.74, 6) is 0. The maximum absolute atomic E-state index is 8.86. The Bertz CT molecular complexity index is 381. The van der Waals surface area contributed by atoms with Gasteiger partial charge in [-0.25, -0.2) is 0 Å². The van der Waals surface area contributed by atoms with Crippen LogP contribution in [-0.2, 0) is 0 Å². The number of aliphatic hydroxyl groups excluding tert-OH is 1. The van der Waals surface area contributed by atoms with E-state index in [0.717, 1.165) is 6.42 Å². The third-order valence-electron chi connectivity index (χ3n) is 7.32. The highest BCUT2D eigenvalue weighted by atomic mass is 16.3. The average molecular weight is 480 g/mol. The predicted molar refractivity (Wildman–Crippen MR) is 155 cm³/mol. The van der Waals surface area contributed by atoms with Gasteiger partial charge in [-0.15, -0.1) is 0 Å². The highest BCUT2D eigenvalue weighted by molar-refractivity contribution is 4.90. The Morgan fingerprint density at radius 1 is 0.471 bits per heavy atom. The maximum Gasteiger partial charge on any atom is 0.0618 e. The molecule has 0 aliphatic rings. The number of rotatable bonds is 29. The molecule has 0 bridgehead atoms. The van der Waals surface area contributed by atoms with Gasteiger partial charge in [0, 0.05) is 6.04 Å². The van der Waals surface area contributed by atoms with Gasteiger partial charge in [-0.3, -0.25) is 0 Å². The SMILES string of the molecule is CCCCCCCCCCCCCCCCCCCCCCCCCCCC/C=C/C(N)CO. The lowest BCUT2D eigenvalue weighted by Crippen LogP contribution is -2.20. The summed E-state index contributed by atoms with van der Waals surface area (Å²) in [7, 11) is 0. The molecule has 3 N–H and O–H groups in total. The van der Waals surface area contributed by atoms with Crippen molar-refractivity contribution in [2.24, 2.45) is 5.73 Å². The minimum absolute atomic E-state index is 0.0516. The van der Waals surface area contributed by atoms with Gasteiger partial charge in [0.25, 0.3) is 0 Å². The maximum atomic E-state index is 8.86. The Morgan fingerprint density at radius 2 is 0.735 bits per heavy atom. The van der Waals surface area contributed by atoms with Crippen LogP contribution in [-0.4, -0.2) is 17.8 Å². The molecule has 0 saturated carbocycles. The smallest absolute Gasteiger partial charge is 0.0618 e. The van der Waals surface area contributed by atoms with E-state index in [9.17, 15) is 0 Å². The molecule has 0 spiro atoms. The van der Waals surface area contributed by atoms with Gasteiger partial charge in [-0.05, 0) is 12.8 Å². The van der Waals surface area contributed by atoms with Gasteiger partial charge in [-0.1, -0.05) is 180 Å². The van der Waals surface area contributed by atoms with Crippen molar-refractivity contribution < 1.29 is 5.11 Å². The zero-order chi connectivity index (χ0) is 24.8. The van der Waals surface area contributed by atoms with Gasteiger partial charge >= 0.3 is 0 Å². The summed E-state index contributed by atoms with van der Waals surface area (Å²) < 4.78 is 0. The molecular formula is C32H65NO. The van der Waals surface area contributed by atoms with Gasteiger partial charge in [0.2, 0.25) is 0 Å². The molecule has 0 amide bonds. The first-order chi connectivity index (χ1) is 16.8. The summed E-state index contributed by atoms with van der Waals surface area (Å²) in [6, 6.07) is -0.177. The van der Waals surface area contributed by atoms with Crippen molar-refractivity contribution in [3.8, 4) is 0 Å². The Balaban J connectivity index is 3.05. The van der Waals surface area contributed by atoms with Crippen LogP contribution in [0.15, 0.2) is 12.2 Å². The second kappa shape index (κ2) is 30.7. The molecule has 1 atom stereocenters.